The highest BCUT2D eigenvalue weighted by Gasteiger charge is 2.37. The van der Waals surface area contributed by atoms with Gasteiger partial charge in [0.05, 0.1) is 11.5 Å². The monoisotopic (exact) mass is 257 g/mol. The van der Waals surface area contributed by atoms with Gasteiger partial charge in [0.2, 0.25) is 0 Å². The molecule has 1 aliphatic rings. The van der Waals surface area contributed by atoms with E-state index >= 15 is 0 Å². The van der Waals surface area contributed by atoms with Crippen LogP contribution >= 0.6 is 0 Å². The first-order valence-corrected chi connectivity index (χ1v) is 7.45. The lowest BCUT2D eigenvalue weighted by Crippen LogP contribution is -2.37. The molecule has 3 nitrogen and oxygen atoms in total. The van der Waals surface area contributed by atoms with Gasteiger partial charge in [0.25, 0.3) is 0 Å². The molecule has 1 fully saturated rings. The van der Waals surface area contributed by atoms with Crippen LogP contribution in [0.25, 0.3) is 0 Å². The highest BCUT2D eigenvalue weighted by molar-refractivity contribution is 7.91. The van der Waals surface area contributed by atoms with Crippen LogP contribution in [0.4, 0.5) is 10.1 Å². The zero-order valence-corrected chi connectivity index (χ0v) is 10.3. The summed E-state index contributed by atoms with van der Waals surface area (Å²) in [6.45, 7) is 0. The van der Waals surface area contributed by atoms with Crippen molar-refractivity contribution >= 4 is 15.5 Å². The molecule has 1 aromatic rings. The van der Waals surface area contributed by atoms with Gasteiger partial charge in [-0.15, -0.1) is 0 Å². The molecule has 5 heteroatoms. The Hall–Kier alpha value is -1.10. The van der Waals surface area contributed by atoms with Crippen molar-refractivity contribution < 1.29 is 12.8 Å². The molecule has 1 heterocycles. The largest absolute Gasteiger partial charge is 0.399 e. The Morgan fingerprint density at radius 2 is 1.94 bits per heavy atom. The minimum Gasteiger partial charge on any atom is -0.399 e. The van der Waals surface area contributed by atoms with Crippen LogP contribution in [0.3, 0.4) is 0 Å². The van der Waals surface area contributed by atoms with E-state index in [9.17, 15) is 12.8 Å². The summed E-state index contributed by atoms with van der Waals surface area (Å²) in [5, 5.41) is 0. The van der Waals surface area contributed by atoms with E-state index < -0.39 is 15.5 Å². The van der Waals surface area contributed by atoms with E-state index in [-0.39, 0.29) is 30.8 Å². The fourth-order valence-corrected chi connectivity index (χ4v) is 3.71. The minimum absolute atomic E-state index is 0.0498. The van der Waals surface area contributed by atoms with E-state index in [1.807, 2.05) is 6.07 Å². The normalized spacial score (nSPS) is 22.2. The Labute approximate surface area is 101 Å². The van der Waals surface area contributed by atoms with Crippen molar-refractivity contribution in [3.05, 3.63) is 29.8 Å². The van der Waals surface area contributed by atoms with Crippen LogP contribution in [0.1, 0.15) is 18.4 Å². The van der Waals surface area contributed by atoms with Crippen LogP contribution < -0.4 is 5.73 Å². The maximum atomic E-state index is 14.4. The van der Waals surface area contributed by atoms with Crippen molar-refractivity contribution in [1.82, 2.24) is 0 Å². The molecule has 17 heavy (non-hydrogen) atoms. The van der Waals surface area contributed by atoms with Crippen molar-refractivity contribution in [3.63, 3.8) is 0 Å². The lowest BCUT2D eigenvalue weighted by Gasteiger charge is -2.29. The summed E-state index contributed by atoms with van der Waals surface area (Å²) in [7, 11) is -3.02. The lowest BCUT2D eigenvalue weighted by molar-refractivity contribution is 0.147. The topological polar surface area (TPSA) is 60.2 Å². The number of rotatable bonds is 2. The van der Waals surface area contributed by atoms with Crippen LogP contribution in [0.2, 0.25) is 0 Å². The third-order valence-electron chi connectivity index (χ3n) is 3.19. The Kier molecular flexibility index (Phi) is 3.12. The number of benzene rings is 1. The van der Waals surface area contributed by atoms with E-state index in [2.05, 4.69) is 0 Å². The maximum Gasteiger partial charge on any atom is 0.150 e. The highest BCUT2D eigenvalue weighted by atomic mass is 32.2. The number of nitrogen functional groups attached to an aromatic ring is 1. The molecule has 0 atom stereocenters. The molecule has 1 aliphatic heterocycles. The maximum absolute atomic E-state index is 14.4. The van der Waals surface area contributed by atoms with Crippen LogP contribution in [-0.4, -0.2) is 25.6 Å². The van der Waals surface area contributed by atoms with Gasteiger partial charge >= 0.3 is 0 Å². The van der Waals surface area contributed by atoms with Crippen LogP contribution in [0.5, 0.6) is 0 Å². The summed E-state index contributed by atoms with van der Waals surface area (Å²) in [6, 6.07) is 7.10. The predicted molar refractivity (Wildman–Crippen MR) is 66.3 cm³/mol. The van der Waals surface area contributed by atoms with Crippen LogP contribution in [-0.2, 0) is 16.3 Å². The Bertz CT molecular complexity index is 499. The van der Waals surface area contributed by atoms with Crippen molar-refractivity contribution in [3.8, 4) is 0 Å². The zero-order chi connectivity index (χ0) is 12.5. The summed E-state index contributed by atoms with van der Waals surface area (Å²) < 4.78 is 36.9. The molecule has 0 bridgehead atoms. The Balaban J connectivity index is 2.09. The van der Waals surface area contributed by atoms with Crippen LogP contribution in [0.15, 0.2) is 24.3 Å². The Morgan fingerprint density at radius 1 is 1.29 bits per heavy atom. The van der Waals surface area contributed by atoms with Crippen molar-refractivity contribution in [2.24, 2.45) is 0 Å². The second-order valence-electron chi connectivity index (χ2n) is 4.72. The number of hydrogen-bond donors (Lipinski definition) is 1. The molecule has 0 spiro atoms. The first kappa shape index (κ1) is 12.4. The van der Waals surface area contributed by atoms with Gasteiger partial charge in [0.15, 0.2) is 9.84 Å². The molecule has 2 N–H and O–H groups in total. The van der Waals surface area contributed by atoms with Gasteiger partial charge in [0.1, 0.15) is 5.67 Å². The smallest absolute Gasteiger partial charge is 0.150 e. The highest BCUT2D eigenvalue weighted by Crippen LogP contribution is 2.31. The lowest BCUT2D eigenvalue weighted by atomic mass is 9.91. The number of alkyl halides is 1. The zero-order valence-electron chi connectivity index (χ0n) is 9.52. The molecule has 0 aromatic heterocycles. The van der Waals surface area contributed by atoms with Crippen molar-refractivity contribution in [2.75, 3.05) is 17.2 Å². The average Bonchev–Trinajstić information content (AvgIpc) is 2.24. The van der Waals surface area contributed by atoms with E-state index in [0.29, 0.717) is 5.69 Å². The molecule has 2 rings (SSSR count). The molecule has 0 radical (unpaired) electrons. The van der Waals surface area contributed by atoms with Gasteiger partial charge in [-0.25, -0.2) is 12.8 Å². The third-order valence-corrected chi connectivity index (χ3v) is 4.85. The van der Waals surface area contributed by atoms with Gasteiger partial charge in [-0.05, 0) is 30.5 Å². The quantitative estimate of drug-likeness (QED) is 0.821. The fourth-order valence-electron chi connectivity index (χ4n) is 2.15. The van der Waals surface area contributed by atoms with Gasteiger partial charge in [-0.1, -0.05) is 12.1 Å². The third kappa shape index (κ3) is 3.19. The van der Waals surface area contributed by atoms with Crippen LogP contribution in [0, 0.1) is 0 Å². The number of anilines is 1. The van der Waals surface area contributed by atoms with E-state index in [1.54, 1.807) is 18.2 Å². The second-order valence-corrected chi connectivity index (χ2v) is 7.03. The predicted octanol–water partition coefficient (Wildman–Crippen LogP) is 1.73. The van der Waals surface area contributed by atoms with Gasteiger partial charge < -0.3 is 5.73 Å². The van der Waals surface area contributed by atoms with Gasteiger partial charge in [-0.2, -0.15) is 0 Å². The van der Waals surface area contributed by atoms with Gasteiger partial charge in [-0.3, -0.25) is 0 Å². The molecule has 0 aliphatic carbocycles. The van der Waals surface area contributed by atoms with E-state index in [0.717, 1.165) is 5.56 Å². The summed E-state index contributed by atoms with van der Waals surface area (Å²) in [6.07, 6.45) is 0.418. The molecule has 0 saturated carbocycles. The van der Waals surface area contributed by atoms with E-state index in [1.165, 1.54) is 0 Å². The standard InChI is InChI=1S/C12H16FNO2S/c13-12(4-6-17(15,16)7-5-12)9-10-2-1-3-11(14)8-10/h1-3,8H,4-7,9,14H2. The summed E-state index contributed by atoms with van der Waals surface area (Å²) in [5.74, 6) is -0.0996. The van der Waals surface area contributed by atoms with Crippen molar-refractivity contribution in [2.45, 2.75) is 24.9 Å². The first-order valence-electron chi connectivity index (χ1n) is 5.62. The second kappa shape index (κ2) is 4.29. The number of sulfone groups is 1. The SMILES string of the molecule is Nc1cccc(CC2(F)CCS(=O)(=O)CC2)c1. The summed E-state index contributed by atoms with van der Waals surface area (Å²) >= 11 is 0. The number of halogens is 1. The number of hydrogen-bond acceptors (Lipinski definition) is 3. The van der Waals surface area contributed by atoms with Crippen molar-refractivity contribution in [1.29, 1.82) is 0 Å². The minimum atomic E-state index is -3.02. The molecular formula is C12H16FNO2S. The molecular weight excluding hydrogens is 241 g/mol. The molecule has 1 aromatic carbocycles. The molecule has 0 amide bonds. The molecule has 0 unspecified atom stereocenters. The summed E-state index contributed by atoms with van der Waals surface area (Å²) in [5.41, 5.74) is 5.66. The number of nitrogens with two attached hydrogens (primary N) is 1. The molecule has 1 saturated heterocycles. The van der Waals surface area contributed by atoms with E-state index in [4.69, 9.17) is 5.73 Å². The Morgan fingerprint density at radius 3 is 2.53 bits per heavy atom. The van der Waals surface area contributed by atoms with Gasteiger partial charge in [0, 0.05) is 12.1 Å². The average molecular weight is 257 g/mol. The first-order chi connectivity index (χ1) is 7.89. The molecule has 94 valence electrons. The summed E-state index contributed by atoms with van der Waals surface area (Å²) in [4.78, 5) is 0. The fraction of sp³-hybridized carbons (Fsp3) is 0.500.